The molecule has 88 valence electrons. The Hall–Kier alpha value is -1.68. The zero-order valence-electron chi connectivity index (χ0n) is 9.51. The minimum atomic E-state index is -0.955. The number of hydrogen-bond donors (Lipinski definition) is 1. The van der Waals surface area contributed by atoms with Crippen molar-refractivity contribution < 1.29 is 9.90 Å². The lowest BCUT2D eigenvalue weighted by Gasteiger charge is -2.03. The largest absolute Gasteiger partial charge is 0.476 e. The van der Waals surface area contributed by atoms with Gasteiger partial charge in [-0.1, -0.05) is 24.3 Å². The lowest BCUT2D eigenvalue weighted by Crippen LogP contribution is -1.98. The van der Waals surface area contributed by atoms with Crippen LogP contribution in [0.1, 0.15) is 26.6 Å². The molecule has 1 heterocycles. The Morgan fingerprint density at radius 2 is 2.12 bits per heavy atom. The third-order valence-electron chi connectivity index (χ3n) is 2.64. The van der Waals surface area contributed by atoms with E-state index in [9.17, 15) is 4.79 Å². The number of carboxylic acids is 1. The first-order valence-corrected chi connectivity index (χ1v) is 6.27. The molecule has 0 atom stereocenters. The lowest BCUT2D eigenvalue weighted by atomic mass is 10.0. The lowest BCUT2D eigenvalue weighted by molar-refractivity contribution is 0.0691. The number of aryl methyl sites for hydroxylation is 3. The minimum absolute atomic E-state index is 0.148. The highest BCUT2D eigenvalue weighted by Crippen LogP contribution is 2.15. The summed E-state index contributed by atoms with van der Waals surface area (Å²) in [4.78, 5) is 14.8. The molecule has 0 saturated heterocycles. The van der Waals surface area contributed by atoms with Crippen LogP contribution < -0.4 is 0 Å². The Bertz CT molecular complexity index is 534. The van der Waals surface area contributed by atoms with Gasteiger partial charge in [-0.05, 0) is 24.5 Å². The third kappa shape index (κ3) is 2.91. The normalized spacial score (nSPS) is 10.4. The van der Waals surface area contributed by atoms with Gasteiger partial charge in [0.2, 0.25) is 0 Å². The van der Waals surface area contributed by atoms with Crippen LogP contribution in [0.25, 0.3) is 0 Å². The Balaban J connectivity index is 2.02. The van der Waals surface area contributed by atoms with Crippen molar-refractivity contribution in [1.82, 2.24) is 4.98 Å². The zero-order valence-corrected chi connectivity index (χ0v) is 10.3. The van der Waals surface area contributed by atoms with Gasteiger partial charge < -0.3 is 5.11 Å². The van der Waals surface area contributed by atoms with Gasteiger partial charge >= 0.3 is 5.97 Å². The fraction of sp³-hybridized carbons (Fsp3) is 0.231. The van der Waals surface area contributed by atoms with Gasteiger partial charge in [0, 0.05) is 11.8 Å². The predicted molar refractivity (Wildman–Crippen MR) is 67.7 cm³/mol. The van der Waals surface area contributed by atoms with E-state index in [0.29, 0.717) is 0 Å². The van der Waals surface area contributed by atoms with Gasteiger partial charge in [-0.3, -0.25) is 0 Å². The van der Waals surface area contributed by atoms with Crippen LogP contribution in [0.5, 0.6) is 0 Å². The van der Waals surface area contributed by atoms with E-state index in [4.69, 9.17) is 5.11 Å². The molecule has 1 N–H and O–H groups in total. The van der Waals surface area contributed by atoms with Gasteiger partial charge in [0.1, 0.15) is 0 Å². The van der Waals surface area contributed by atoms with E-state index in [-0.39, 0.29) is 5.69 Å². The number of benzene rings is 1. The molecule has 0 aliphatic carbocycles. The predicted octanol–water partition coefficient (Wildman–Crippen LogP) is 2.93. The van der Waals surface area contributed by atoms with Crippen LogP contribution >= 0.6 is 11.3 Å². The number of aromatic carboxylic acids is 1. The minimum Gasteiger partial charge on any atom is -0.476 e. The quantitative estimate of drug-likeness (QED) is 0.903. The Morgan fingerprint density at radius 3 is 2.76 bits per heavy atom. The van der Waals surface area contributed by atoms with E-state index in [0.717, 1.165) is 17.8 Å². The maximum Gasteiger partial charge on any atom is 0.355 e. The summed E-state index contributed by atoms with van der Waals surface area (Å²) < 4.78 is 0. The number of carboxylic acid groups (broad SMARTS) is 1. The van der Waals surface area contributed by atoms with Crippen LogP contribution in [0, 0.1) is 6.92 Å². The average Bonchev–Trinajstić information content (AvgIpc) is 2.77. The topological polar surface area (TPSA) is 50.2 Å². The number of rotatable bonds is 4. The molecule has 0 spiro atoms. The monoisotopic (exact) mass is 247 g/mol. The van der Waals surface area contributed by atoms with E-state index in [1.807, 2.05) is 12.1 Å². The highest BCUT2D eigenvalue weighted by atomic mass is 32.1. The van der Waals surface area contributed by atoms with Crippen LogP contribution in [-0.4, -0.2) is 16.1 Å². The first-order chi connectivity index (χ1) is 8.16. The van der Waals surface area contributed by atoms with Crippen molar-refractivity contribution >= 4 is 17.3 Å². The molecule has 2 aromatic rings. The van der Waals surface area contributed by atoms with Crippen LogP contribution in [0.3, 0.4) is 0 Å². The molecule has 17 heavy (non-hydrogen) atoms. The van der Waals surface area contributed by atoms with E-state index in [1.54, 1.807) is 5.38 Å². The molecule has 0 aliphatic heterocycles. The zero-order chi connectivity index (χ0) is 12.3. The Labute approximate surface area is 104 Å². The van der Waals surface area contributed by atoms with Gasteiger partial charge in [0.15, 0.2) is 5.69 Å². The molecule has 1 aromatic carbocycles. The molecular formula is C13H13NO2S. The second kappa shape index (κ2) is 5.10. The number of thiazole rings is 1. The molecule has 0 amide bonds. The van der Waals surface area contributed by atoms with Crippen molar-refractivity contribution in [3.63, 3.8) is 0 Å². The summed E-state index contributed by atoms with van der Waals surface area (Å²) >= 11 is 1.41. The summed E-state index contributed by atoms with van der Waals surface area (Å²) in [5, 5.41) is 11.2. The van der Waals surface area contributed by atoms with Crippen LogP contribution in [0.4, 0.5) is 0 Å². The van der Waals surface area contributed by atoms with Crippen molar-refractivity contribution in [2.45, 2.75) is 19.8 Å². The summed E-state index contributed by atoms with van der Waals surface area (Å²) in [5.74, 6) is -0.955. The van der Waals surface area contributed by atoms with Crippen molar-refractivity contribution in [2.75, 3.05) is 0 Å². The highest BCUT2D eigenvalue weighted by molar-refractivity contribution is 7.09. The number of hydrogen-bond acceptors (Lipinski definition) is 3. The van der Waals surface area contributed by atoms with Crippen LogP contribution in [-0.2, 0) is 12.8 Å². The maximum absolute atomic E-state index is 10.7. The van der Waals surface area contributed by atoms with Crippen molar-refractivity contribution in [2.24, 2.45) is 0 Å². The molecule has 0 radical (unpaired) electrons. The second-order valence-electron chi connectivity index (χ2n) is 3.86. The third-order valence-corrected chi connectivity index (χ3v) is 3.55. The van der Waals surface area contributed by atoms with Gasteiger partial charge in [0.25, 0.3) is 0 Å². The molecule has 2 rings (SSSR count). The molecule has 0 bridgehead atoms. The molecule has 1 aromatic heterocycles. The second-order valence-corrected chi connectivity index (χ2v) is 4.80. The van der Waals surface area contributed by atoms with Gasteiger partial charge in [-0.25, -0.2) is 9.78 Å². The number of nitrogens with zero attached hydrogens (tertiary/aromatic N) is 1. The van der Waals surface area contributed by atoms with Crippen molar-refractivity contribution in [1.29, 1.82) is 0 Å². The molecule has 0 saturated carbocycles. The molecule has 4 heteroatoms. The van der Waals surface area contributed by atoms with E-state index in [1.165, 1.54) is 22.5 Å². The molecule has 3 nitrogen and oxygen atoms in total. The number of aromatic nitrogens is 1. The van der Waals surface area contributed by atoms with E-state index in [2.05, 4.69) is 24.0 Å². The first-order valence-electron chi connectivity index (χ1n) is 5.39. The summed E-state index contributed by atoms with van der Waals surface area (Å²) in [7, 11) is 0. The summed E-state index contributed by atoms with van der Waals surface area (Å²) in [5.41, 5.74) is 2.71. The SMILES string of the molecule is Cc1ccccc1CCc1nc(C(=O)O)cs1. The smallest absolute Gasteiger partial charge is 0.355 e. The van der Waals surface area contributed by atoms with E-state index < -0.39 is 5.97 Å². The van der Waals surface area contributed by atoms with Crippen molar-refractivity contribution in [3.8, 4) is 0 Å². The fourth-order valence-corrected chi connectivity index (χ4v) is 2.43. The Kier molecular flexibility index (Phi) is 3.54. The first kappa shape index (κ1) is 11.8. The molecule has 0 fully saturated rings. The summed E-state index contributed by atoms with van der Waals surface area (Å²) in [6.45, 7) is 2.08. The van der Waals surface area contributed by atoms with Gasteiger partial charge in [0.05, 0.1) is 5.01 Å². The van der Waals surface area contributed by atoms with Crippen molar-refractivity contribution in [3.05, 3.63) is 51.5 Å². The highest BCUT2D eigenvalue weighted by Gasteiger charge is 2.08. The van der Waals surface area contributed by atoms with Gasteiger partial charge in [-0.2, -0.15) is 0 Å². The maximum atomic E-state index is 10.7. The molecular weight excluding hydrogens is 234 g/mol. The van der Waals surface area contributed by atoms with Gasteiger partial charge in [-0.15, -0.1) is 11.3 Å². The van der Waals surface area contributed by atoms with Crippen LogP contribution in [0.2, 0.25) is 0 Å². The van der Waals surface area contributed by atoms with E-state index >= 15 is 0 Å². The standard InChI is InChI=1S/C13H13NO2S/c1-9-4-2-3-5-10(9)6-7-12-14-11(8-17-12)13(15)16/h2-5,8H,6-7H2,1H3,(H,15,16). The Morgan fingerprint density at radius 1 is 1.35 bits per heavy atom. The fourth-order valence-electron chi connectivity index (χ4n) is 1.66. The number of carbonyl (C=O) groups is 1. The average molecular weight is 247 g/mol. The summed E-state index contributed by atoms with van der Waals surface area (Å²) in [6.07, 6.45) is 1.70. The molecule has 0 unspecified atom stereocenters. The summed E-state index contributed by atoms with van der Waals surface area (Å²) in [6, 6.07) is 8.22. The van der Waals surface area contributed by atoms with Crippen LogP contribution in [0.15, 0.2) is 29.6 Å². The molecule has 0 aliphatic rings.